The van der Waals surface area contributed by atoms with Crippen LogP contribution in [-0.2, 0) is 0 Å². The lowest BCUT2D eigenvalue weighted by Crippen LogP contribution is -2.48. The summed E-state index contributed by atoms with van der Waals surface area (Å²) in [4.78, 5) is 24.5. The van der Waals surface area contributed by atoms with Crippen molar-refractivity contribution in [1.82, 2.24) is 14.8 Å². The molecule has 0 aliphatic carbocycles. The molecule has 2 fully saturated rings. The average Bonchev–Trinajstić information content (AvgIpc) is 2.91. The van der Waals surface area contributed by atoms with Gasteiger partial charge in [0.15, 0.2) is 0 Å². The van der Waals surface area contributed by atoms with E-state index < -0.39 is 0 Å². The van der Waals surface area contributed by atoms with Gasteiger partial charge in [-0.1, -0.05) is 24.6 Å². The first-order chi connectivity index (χ1) is 16.8. The molecule has 2 saturated heterocycles. The predicted molar refractivity (Wildman–Crippen MR) is 137 cm³/mol. The first-order valence-corrected chi connectivity index (χ1v) is 12.6. The minimum Gasteiger partial charge on any atom is -0.494 e. The van der Waals surface area contributed by atoms with Gasteiger partial charge in [0.1, 0.15) is 5.75 Å². The van der Waals surface area contributed by atoms with Gasteiger partial charge >= 0.3 is 0 Å². The SMILES string of the molecule is O=C(c1cccc2cccnc12)N1CCN(c2ccc(OCCCN3CCCCC3)cc2)CC1. The van der Waals surface area contributed by atoms with Crippen molar-refractivity contribution in [3.05, 3.63) is 66.4 Å². The lowest BCUT2D eigenvalue weighted by Gasteiger charge is -2.36. The second-order valence-electron chi connectivity index (χ2n) is 9.26. The highest BCUT2D eigenvalue weighted by molar-refractivity contribution is 6.05. The van der Waals surface area contributed by atoms with Crippen molar-refractivity contribution in [2.45, 2.75) is 25.7 Å². The molecule has 1 amide bonds. The van der Waals surface area contributed by atoms with E-state index in [0.717, 1.165) is 49.3 Å². The Bertz CT molecular complexity index is 1080. The van der Waals surface area contributed by atoms with E-state index in [1.54, 1.807) is 6.20 Å². The number of piperazine rings is 1. The Morgan fingerprint density at radius 3 is 2.41 bits per heavy atom. The maximum Gasteiger partial charge on any atom is 0.256 e. The van der Waals surface area contributed by atoms with Crippen LogP contribution in [0.1, 0.15) is 36.0 Å². The summed E-state index contributed by atoms with van der Waals surface area (Å²) >= 11 is 0. The van der Waals surface area contributed by atoms with E-state index in [-0.39, 0.29) is 5.91 Å². The van der Waals surface area contributed by atoms with Crippen LogP contribution in [0.4, 0.5) is 5.69 Å². The van der Waals surface area contributed by atoms with Crippen LogP contribution < -0.4 is 9.64 Å². The summed E-state index contributed by atoms with van der Waals surface area (Å²) < 4.78 is 5.97. The maximum atomic E-state index is 13.2. The van der Waals surface area contributed by atoms with Gasteiger partial charge in [0.25, 0.3) is 5.91 Å². The molecule has 3 heterocycles. The van der Waals surface area contributed by atoms with E-state index in [1.165, 1.54) is 38.0 Å². The quantitative estimate of drug-likeness (QED) is 0.490. The molecule has 1 aromatic heterocycles. The number of piperidine rings is 1. The predicted octanol–water partition coefficient (Wildman–Crippen LogP) is 4.45. The first kappa shape index (κ1) is 22.7. The zero-order valence-electron chi connectivity index (χ0n) is 19.9. The fraction of sp³-hybridized carbons (Fsp3) is 0.429. The van der Waals surface area contributed by atoms with Crippen LogP contribution in [0, 0.1) is 0 Å². The Kier molecular flexibility index (Phi) is 7.25. The molecule has 0 unspecified atom stereocenters. The molecule has 5 rings (SSSR count). The van der Waals surface area contributed by atoms with Gasteiger partial charge in [-0.05, 0) is 68.8 Å². The molecular formula is C28H34N4O2. The second kappa shape index (κ2) is 10.9. The first-order valence-electron chi connectivity index (χ1n) is 12.6. The van der Waals surface area contributed by atoms with E-state index >= 15 is 0 Å². The normalized spacial score (nSPS) is 17.2. The molecule has 0 spiro atoms. The number of para-hydroxylation sites is 1. The Morgan fingerprint density at radius 2 is 1.62 bits per heavy atom. The average molecular weight is 459 g/mol. The number of benzene rings is 2. The van der Waals surface area contributed by atoms with E-state index in [2.05, 4.69) is 39.0 Å². The molecule has 2 aliphatic heterocycles. The number of rotatable bonds is 7. The molecule has 0 radical (unpaired) electrons. The molecular weight excluding hydrogens is 424 g/mol. The third-order valence-corrected chi connectivity index (χ3v) is 6.97. The number of ether oxygens (including phenoxy) is 1. The van der Waals surface area contributed by atoms with Crippen molar-refractivity contribution < 1.29 is 9.53 Å². The molecule has 3 aromatic rings. The maximum absolute atomic E-state index is 13.2. The van der Waals surface area contributed by atoms with Crippen molar-refractivity contribution in [3.63, 3.8) is 0 Å². The van der Waals surface area contributed by atoms with Crippen molar-refractivity contribution in [2.75, 3.05) is 57.3 Å². The molecule has 0 N–H and O–H groups in total. The number of likely N-dealkylation sites (tertiary alicyclic amines) is 1. The third-order valence-electron chi connectivity index (χ3n) is 6.97. The smallest absolute Gasteiger partial charge is 0.256 e. The molecule has 0 bridgehead atoms. The van der Waals surface area contributed by atoms with Gasteiger partial charge < -0.3 is 19.4 Å². The van der Waals surface area contributed by atoms with Crippen LogP contribution in [0.25, 0.3) is 10.9 Å². The lowest BCUT2D eigenvalue weighted by atomic mass is 10.1. The molecule has 0 saturated carbocycles. The van der Waals surface area contributed by atoms with Crippen molar-refractivity contribution in [3.8, 4) is 5.75 Å². The van der Waals surface area contributed by atoms with Gasteiger partial charge in [-0.15, -0.1) is 0 Å². The largest absolute Gasteiger partial charge is 0.494 e. The summed E-state index contributed by atoms with van der Waals surface area (Å²) in [5.41, 5.74) is 2.65. The number of fused-ring (bicyclic) bond motifs is 1. The van der Waals surface area contributed by atoms with Gasteiger partial charge in [-0.3, -0.25) is 9.78 Å². The Balaban J connectivity index is 1.10. The summed E-state index contributed by atoms with van der Waals surface area (Å²) in [6.07, 6.45) is 6.88. The number of carbonyl (C=O) groups excluding carboxylic acids is 1. The van der Waals surface area contributed by atoms with Crippen LogP contribution in [-0.4, -0.2) is 73.1 Å². The van der Waals surface area contributed by atoms with Gasteiger partial charge in [0, 0.05) is 50.0 Å². The number of pyridine rings is 1. The Hall–Kier alpha value is -3.12. The fourth-order valence-corrected chi connectivity index (χ4v) is 5.03. The monoisotopic (exact) mass is 458 g/mol. The van der Waals surface area contributed by atoms with Crippen LogP contribution in [0.3, 0.4) is 0 Å². The van der Waals surface area contributed by atoms with Gasteiger partial charge in [-0.2, -0.15) is 0 Å². The van der Waals surface area contributed by atoms with E-state index in [9.17, 15) is 4.79 Å². The highest BCUT2D eigenvalue weighted by atomic mass is 16.5. The van der Waals surface area contributed by atoms with Crippen molar-refractivity contribution in [1.29, 1.82) is 0 Å². The lowest BCUT2D eigenvalue weighted by molar-refractivity contribution is 0.0748. The number of carbonyl (C=O) groups is 1. The minimum atomic E-state index is 0.0669. The van der Waals surface area contributed by atoms with Crippen molar-refractivity contribution in [2.24, 2.45) is 0 Å². The Labute approximate surface area is 202 Å². The third kappa shape index (κ3) is 5.33. The molecule has 0 atom stereocenters. The minimum absolute atomic E-state index is 0.0669. The standard InChI is InChI=1S/C28H34N4O2/c33-28(26-9-4-7-23-8-5-14-29-27(23)26)32-20-18-31(19-21-32)24-10-12-25(13-11-24)34-22-6-17-30-15-2-1-3-16-30/h4-5,7-14H,1-3,6,15-22H2. The van der Waals surface area contributed by atoms with Crippen LogP contribution in [0.15, 0.2) is 60.8 Å². The highest BCUT2D eigenvalue weighted by Crippen LogP contribution is 2.23. The summed E-state index contributed by atoms with van der Waals surface area (Å²) in [6, 6.07) is 18.1. The summed E-state index contributed by atoms with van der Waals surface area (Å²) in [5, 5.41) is 1.00. The Morgan fingerprint density at radius 1 is 0.853 bits per heavy atom. The number of hydrogen-bond donors (Lipinski definition) is 0. The van der Waals surface area contributed by atoms with Gasteiger partial charge in [0.2, 0.25) is 0 Å². The molecule has 2 aromatic carbocycles. The number of nitrogens with zero attached hydrogens (tertiary/aromatic N) is 4. The van der Waals surface area contributed by atoms with Gasteiger partial charge in [-0.25, -0.2) is 0 Å². The summed E-state index contributed by atoms with van der Waals surface area (Å²) in [6.45, 7) is 7.43. The fourth-order valence-electron chi connectivity index (χ4n) is 5.03. The van der Waals surface area contributed by atoms with Crippen LogP contribution in [0.5, 0.6) is 5.75 Å². The summed E-state index contributed by atoms with van der Waals surface area (Å²) in [7, 11) is 0. The number of anilines is 1. The topological polar surface area (TPSA) is 48.9 Å². The van der Waals surface area contributed by atoms with E-state index in [0.29, 0.717) is 18.7 Å². The number of amides is 1. The van der Waals surface area contributed by atoms with Crippen LogP contribution >= 0.6 is 0 Å². The zero-order chi connectivity index (χ0) is 23.2. The van der Waals surface area contributed by atoms with Crippen molar-refractivity contribution >= 4 is 22.5 Å². The zero-order valence-corrected chi connectivity index (χ0v) is 19.9. The second-order valence-corrected chi connectivity index (χ2v) is 9.26. The molecule has 178 valence electrons. The molecule has 6 heteroatoms. The van der Waals surface area contributed by atoms with E-state index in [1.807, 2.05) is 35.2 Å². The summed E-state index contributed by atoms with van der Waals surface area (Å²) in [5.74, 6) is 0.997. The molecule has 6 nitrogen and oxygen atoms in total. The van der Waals surface area contributed by atoms with Crippen LogP contribution in [0.2, 0.25) is 0 Å². The highest BCUT2D eigenvalue weighted by Gasteiger charge is 2.24. The molecule has 2 aliphatic rings. The molecule has 34 heavy (non-hydrogen) atoms. The van der Waals surface area contributed by atoms with Gasteiger partial charge in [0.05, 0.1) is 17.7 Å². The number of aromatic nitrogens is 1. The van der Waals surface area contributed by atoms with E-state index in [4.69, 9.17) is 4.74 Å². The number of hydrogen-bond acceptors (Lipinski definition) is 5.